The van der Waals surface area contributed by atoms with Gasteiger partial charge in [-0.3, -0.25) is 0 Å². The first-order chi connectivity index (χ1) is 13.7. The first-order valence-electron chi connectivity index (χ1n) is 8.73. The maximum atomic E-state index is 12.1. The zero-order valence-electron chi connectivity index (χ0n) is 14.8. The number of esters is 1. The van der Waals surface area contributed by atoms with Crippen LogP contribution in [0.1, 0.15) is 16.7 Å². The van der Waals surface area contributed by atoms with Crippen molar-refractivity contribution < 1.29 is 14.3 Å². The van der Waals surface area contributed by atoms with Crippen LogP contribution < -0.4 is 4.74 Å². The summed E-state index contributed by atoms with van der Waals surface area (Å²) in [4.78, 5) is 16.5. The van der Waals surface area contributed by atoms with Crippen LogP contribution in [0, 0.1) is 0 Å². The minimum Gasteiger partial charge on any atom is -0.489 e. The molecule has 1 aliphatic rings. The van der Waals surface area contributed by atoms with Crippen LogP contribution in [0.2, 0.25) is 0 Å². The third-order valence-corrected chi connectivity index (χ3v) is 4.62. The number of nitrogens with zero attached hydrogens (tertiary/aromatic N) is 1. The topological polar surface area (TPSA) is 47.9 Å². The molecule has 0 unspecified atom stereocenters. The molecule has 0 bridgehead atoms. The summed E-state index contributed by atoms with van der Waals surface area (Å²) >= 11 is 3.41. The van der Waals surface area contributed by atoms with Gasteiger partial charge in [-0.25, -0.2) is 9.79 Å². The molecule has 1 aliphatic heterocycles. The van der Waals surface area contributed by atoms with Gasteiger partial charge >= 0.3 is 5.97 Å². The summed E-state index contributed by atoms with van der Waals surface area (Å²) in [5, 5.41) is 0. The van der Waals surface area contributed by atoms with Gasteiger partial charge in [-0.1, -0.05) is 64.5 Å². The lowest BCUT2D eigenvalue weighted by Gasteiger charge is -2.06. The number of aliphatic imine (C=N–C) groups is 1. The fourth-order valence-corrected chi connectivity index (χ4v) is 3.11. The van der Waals surface area contributed by atoms with Gasteiger partial charge in [-0.05, 0) is 47.5 Å². The number of rotatable bonds is 5. The Balaban J connectivity index is 1.47. The lowest BCUT2D eigenvalue weighted by molar-refractivity contribution is -0.129. The molecule has 0 aliphatic carbocycles. The maximum absolute atomic E-state index is 12.1. The summed E-state index contributed by atoms with van der Waals surface area (Å²) in [6.45, 7) is 0.508. The van der Waals surface area contributed by atoms with Crippen molar-refractivity contribution in [1.82, 2.24) is 0 Å². The van der Waals surface area contributed by atoms with Gasteiger partial charge in [0.25, 0.3) is 0 Å². The van der Waals surface area contributed by atoms with Crippen molar-refractivity contribution in [3.63, 3.8) is 0 Å². The van der Waals surface area contributed by atoms with Gasteiger partial charge in [0.05, 0.1) is 0 Å². The molecule has 138 valence electrons. The molecule has 0 spiro atoms. The number of carbonyl (C=O) groups is 1. The van der Waals surface area contributed by atoms with E-state index in [4.69, 9.17) is 9.47 Å². The average molecular weight is 434 g/mol. The van der Waals surface area contributed by atoms with Crippen LogP contribution in [0.3, 0.4) is 0 Å². The van der Waals surface area contributed by atoms with Crippen LogP contribution >= 0.6 is 15.9 Å². The van der Waals surface area contributed by atoms with E-state index in [-0.39, 0.29) is 5.70 Å². The van der Waals surface area contributed by atoms with E-state index in [9.17, 15) is 4.79 Å². The lowest BCUT2D eigenvalue weighted by Crippen LogP contribution is -2.05. The highest BCUT2D eigenvalue weighted by Gasteiger charge is 2.24. The predicted octanol–water partition coefficient (Wildman–Crippen LogP) is 5.37. The standard InChI is InChI=1S/C23H16BrNO3/c24-19-8-4-7-18(14-19)22-25-21(23(26)28-22)13-16-9-11-20(12-10-16)27-15-17-5-2-1-3-6-17/h1-14H,15H2. The van der Waals surface area contributed by atoms with Crippen LogP contribution in [0.25, 0.3) is 6.08 Å². The molecular formula is C23H16BrNO3. The molecule has 28 heavy (non-hydrogen) atoms. The van der Waals surface area contributed by atoms with E-state index in [1.807, 2.05) is 78.9 Å². The average Bonchev–Trinajstić information content (AvgIpc) is 3.09. The van der Waals surface area contributed by atoms with Gasteiger partial charge < -0.3 is 9.47 Å². The van der Waals surface area contributed by atoms with Crippen molar-refractivity contribution >= 4 is 33.9 Å². The molecule has 0 saturated carbocycles. The smallest absolute Gasteiger partial charge is 0.363 e. The molecule has 0 saturated heterocycles. The molecule has 0 aromatic heterocycles. The lowest BCUT2D eigenvalue weighted by atomic mass is 10.2. The third kappa shape index (κ3) is 4.38. The quantitative estimate of drug-likeness (QED) is 0.401. The van der Waals surface area contributed by atoms with Crippen LogP contribution in [0.15, 0.2) is 94.0 Å². The Labute approximate surface area is 171 Å². The normalized spacial score (nSPS) is 14.7. The Hall–Kier alpha value is -3.18. The third-order valence-electron chi connectivity index (χ3n) is 4.12. The van der Waals surface area contributed by atoms with Crippen molar-refractivity contribution in [2.24, 2.45) is 4.99 Å². The maximum Gasteiger partial charge on any atom is 0.363 e. The fraction of sp³-hybridized carbons (Fsp3) is 0.0435. The van der Waals surface area contributed by atoms with Crippen molar-refractivity contribution in [2.45, 2.75) is 6.61 Å². The molecule has 3 aromatic carbocycles. The Kier molecular flexibility index (Phi) is 5.35. The van der Waals surface area contributed by atoms with Gasteiger partial charge in [-0.15, -0.1) is 0 Å². The van der Waals surface area contributed by atoms with Gasteiger partial charge in [0, 0.05) is 10.0 Å². The van der Waals surface area contributed by atoms with Crippen LogP contribution in [0.5, 0.6) is 5.75 Å². The Morgan fingerprint density at radius 3 is 2.50 bits per heavy atom. The second-order valence-corrected chi connectivity index (χ2v) is 7.11. The highest BCUT2D eigenvalue weighted by atomic mass is 79.9. The van der Waals surface area contributed by atoms with E-state index in [2.05, 4.69) is 20.9 Å². The summed E-state index contributed by atoms with van der Waals surface area (Å²) in [5.41, 5.74) is 2.97. The van der Waals surface area contributed by atoms with Crippen LogP contribution in [0.4, 0.5) is 0 Å². The minimum absolute atomic E-state index is 0.271. The highest BCUT2D eigenvalue weighted by Crippen LogP contribution is 2.22. The van der Waals surface area contributed by atoms with E-state index >= 15 is 0 Å². The van der Waals surface area contributed by atoms with E-state index < -0.39 is 5.97 Å². The van der Waals surface area contributed by atoms with E-state index in [0.717, 1.165) is 26.9 Å². The van der Waals surface area contributed by atoms with Gasteiger partial charge in [0.2, 0.25) is 5.90 Å². The first kappa shape index (κ1) is 18.2. The number of benzene rings is 3. The molecule has 0 atom stereocenters. The zero-order chi connectivity index (χ0) is 19.3. The molecule has 1 heterocycles. The number of cyclic esters (lactones) is 1. The minimum atomic E-state index is -0.459. The van der Waals surface area contributed by atoms with Gasteiger partial charge in [0.15, 0.2) is 5.70 Å². The number of halogens is 1. The molecule has 0 fully saturated rings. The van der Waals surface area contributed by atoms with E-state index in [1.165, 1.54) is 0 Å². The van der Waals surface area contributed by atoms with Crippen molar-refractivity contribution in [3.05, 3.63) is 106 Å². The summed E-state index contributed by atoms with van der Waals surface area (Å²) in [6, 6.07) is 25.0. The largest absolute Gasteiger partial charge is 0.489 e. The monoisotopic (exact) mass is 433 g/mol. The summed E-state index contributed by atoms with van der Waals surface area (Å²) in [5.74, 6) is 0.609. The van der Waals surface area contributed by atoms with E-state index in [1.54, 1.807) is 6.08 Å². The molecule has 4 nitrogen and oxygen atoms in total. The van der Waals surface area contributed by atoms with Crippen LogP contribution in [-0.2, 0) is 16.1 Å². The van der Waals surface area contributed by atoms with Gasteiger partial charge in [-0.2, -0.15) is 0 Å². The van der Waals surface area contributed by atoms with Crippen molar-refractivity contribution in [2.75, 3.05) is 0 Å². The Morgan fingerprint density at radius 1 is 0.964 bits per heavy atom. The number of carbonyl (C=O) groups excluding carboxylic acids is 1. The summed E-state index contributed by atoms with van der Waals surface area (Å²) in [6.07, 6.45) is 1.70. The molecule has 0 radical (unpaired) electrons. The SMILES string of the molecule is O=C1OC(c2cccc(Br)c2)=NC1=Cc1ccc(OCc2ccccc2)cc1. The molecular weight excluding hydrogens is 418 g/mol. The first-order valence-corrected chi connectivity index (χ1v) is 9.52. The summed E-state index contributed by atoms with van der Waals surface area (Å²) < 4.78 is 12.0. The molecule has 5 heteroatoms. The van der Waals surface area contributed by atoms with E-state index in [0.29, 0.717) is 12.5 Å². The van der Waals surface area contributed by atoms with Crippen molar-refractivity contribution in [1.29, 1.82) is 0 Å². The summed E-state index contributed by atoms with van der Waals surface area (Å²) in [7, 11) is 0. The highest BCUT2D eigenvalue weighted by molar-refractivity contribution is 9.10. The molecule has 3 aromatic rings. The molecule has 4 rings (SSSR count). The number of hydrogen-bond donors (Lipinski definition) is 0. The fourth-order valence-electron chi connectivity index (χ4n) is 2.71. The second-order valence-electron chi connectivity index (χ2n) is 6.19. The Morgan fingerprint density at radius 2 is 1.75 bits per heavy atom. The number of hydrogen-bond acceptors (Lipinski definition) is 4. The zero-order valence-corrected chi connectivity index (χ0v) is 16.4. The Bertz CT molecular complexity index is 1060. The molecule has 0 amide bonds. The number of ether oxygens (including phenoxy) is 2. The second kappa shape index (κ2) is 8.23. The predicted molar refractivity (Wildman–Crippen MR) is 112 cm³/mol. The molecule has 0 N–H and O–H groups in total. The van der Waals surface area contributed by atoms with Gasteiger partial charge in [0.1, 0.15) is 12.4 Å². The van der Waals surface area contributed by atoms with Crippen LogP contribution in [-0.4, -0.2) is 11.9 Å². The van der Waals surface area contributed by atoms with Crippen molar-refractivity contribution in [3.8, 4) is 5.75 Å².